The van der Waals surface area contributed by atoms with Crippen molar-refractivity contribution in [1.29, 1.82) is 0 Å². The summed E-state index contributed by atoms with van der Waals surface area (Å²) in [6.07, 6.45) is 5.31. The molecule has 126 valence electrons. The number of ether oxygens (including phenoxy) is 1. The Balaban J connectivity index is 1.70. The van der Waals surface area contributed by atoms with Gasteiger partial charge in [0.15, 0.2) is 0 Å². The van der Waals surface area contributed by atoms with Gasteiger partial charge in [0.25, 0.3) is 0 Å². The quantitative estimate of drug-likeness (QED) is 0.881. The van der Waals surface area contributed by atoms with E-state index in [0.29, 0.717) is 32.3 Å². The molecule has 0 radical (unpaired) electrons. The molecule has 2 aliphatic heterocycles. The number of aliphatic carboxylic acids is 1. The minimum absolute atomic E-state index is 0.144. The first-order valence-corrected chi connectivity index (χ1v) is 8.01. The van der Waals surface area contributed by atoms with Crippen LogP contribution in [-0.4, -0.2) is 66.3 Å². The van der Waals surface area contributed by atoms with Gasteiger partial charge in [-0.3, -0.25) is 9.69 Å². The highest BCUT2D eigenvalue weighted by Crippen LogP contribution is 2.44. The second-order valence-electron chi connectivity index (χ2n) is 6.82. The lowest BCUT2D eigenvalue weighted by Gasteiger charge is -2.36. The monoisotopic (exact) mass is 320 g/mol. The molecule has 0 bridgehead atoms. The molecule has 0 aliphatic carbocycles. The normalized spacial score (nSPS) is 24.0. The molecule has 3 heterocycles. The third kappa shape index (κ3) is 3.30. The summed E-state index contributed by atoms with van der Waals surface area (Å²) in [6, 6.07) is 0. The van der Waals surface area contributed by atoms with Crippen LogP contribution in [0.4, 0.5) is 5.95 Å². The summed E-state index contributed by atoms with van der Waals surface area (Å²) in [5.41, 5.74) is 0.873. The molecule has 1 aromatic heterocycles. The Labute approximate surface area is 136 Å². The van der Waals surface area contributed by atoms with Crippen molar-refractivity contribution in [2.75, 3.05) is 45.3 Å². The van der Waals surface area contributed by atoms with Gasteiger partial charge in [-0.2, -0.15) is 0 Å². The summed E-state index contributed by atoms with van der Waals surface area (Å²) in [4.78, 5) is 24.4. The number of aromatic nitrogens is 2. The number of carbonyl (C=O) groups is 1. The SMILES string of the molecule is CN(C)c1ncc(CN2CC(C(=O)O)C3(CCOCC3)C2)cn1. The molecule has 7 heteroatoms. The molecule has 7 nitrogen and oxygen atoms in total. The van der Waals surface area contributed by atoms with Crippen LogP contribution in [0.2, 0.25) is 0 Å². The van der Waals surface area contributed by atoms with E-state index in [-0.39, 0.29) is 11.3 Å². The van der Waals surface area contributed by atoms with Gasteiger partial charge in [0.1, 0.15) is 0 Å². The molecule has 2 saturated heterocycles. The number of hydrogen-bond donors (Lipinski definition) is 1. The average molecular weight is 320 g/mol. The first kappa shape index (κ1) is 16.1. The molecule has 1 unspecified atom stereocenters. The van der Waals surface area contributed by atoms with E-state index >= 15 is 0 Å². The van der Waals surface area contributed by atoms with Crippen LogP contribution in [0.5, 0.6) is 0 Å². The fourth-order valence-corrected chi connectivity index (χ4v) is 3.74. The molecule has 3 rings (SSSR count). The van der Waals surface area contributed by atoms with Crippen LogP contribution in [0.15, 0.2) is 12.4 Å². The Morgan fingerprint density at radius 2 is 2.04 bits per heavy atom. The summed E-state index contributed by atoms with van der Waals surface area (Å²) >= 11 is 0. The molecule has 2 fully saturated rings. The Hall–Kier alpha value is -1.73. The number of hydrogen-bond acceptors (Lipinski definition) is 6. The fourth-order valence-electron chi connectivity index (χ4n) is 3.74. The van der Waals surface area contributed by atoms with Crippen LogP contribution in [0.3, 0.4) is 0 Å². The summed E-state index contributed by atoms with van der Waals surface area (Å²) < 4.78 is 5.44. The van der Waals surface area contributed by atoms with Crippen molar-refractivity contribution in [2.24, 2.45) is 11.3 Å². The zero-order chi connectivity index (χ0) is 16.4. The molecule has 1 aromatic rings. The van der Waals surface area contributed by atoms with Gasteiger partial charge in [-0.05, 0) is 12.8 Å². The molecule has 0 amide bonds. The number of carboxylic acids is 1. The van der Waals surface area contributed by atoms with Crippen LogP contribution < -0.4 is 4.90 Å². The molecule has 1 N–H and O–H groups in total. The second-order valence-corrected chi connectivity index (χ2v) is 6.82. The van der Waals surface area contributed by atoms with Crippen LogP contribution >= 0.6 is 0 Å². The van der Waals surface area contributed by atoms with E-state index in [0.717, 1.165) is 24.9 Å². The van der Waals surface area contributed by atoms with Crippen molar-refractivity contribution < 1.29 is 14.6 Å². The average Bonchev–Trinajstić information content (AvgIpc) is 2.86. The van der Waals surface area contributed by atoms with Crippen LogP contribution in [0.1, 0.15) is 18.4 Å². The number of carboxylic acid groups (broad SMARTS) is 1. The summed E-state index contributed by atoms with van der Waals surface area (Å²) in [5, 5.41) is 9.61. The zero-order valence-corrected chi connectivity index (χ0v) is 13.7. The first-order valence-electron chi connectivity index (χ1n) is 8.01. The van der Waals surface area contributed by atoms with E-state index in [1.165, 1.54) is 0 Å². The van der Waals surface area contributed by atoms with E-state index in [2.05, 4.69) is 14.9 Å². The number of anilines is 1. The Morgan fingerprint density at radius 3 is 2.61 bits per heavy atom. The highest BCUT2D eigenvalue weighted by molar-refractivity contribution is 5.72. The minimum Gasteiger partial charge on any atom is -0.481 e. The van der Waals surface area contributed by atoms with Crippen LogP contribution in [-0.2, 0) is 16.1 Å². The van der Waals surface area contributed by atoms with Gasteiger partial charge < -0.3 is 14.7 Å². The molecular formula is C16H24N4O3. The lowest BCUT2D eigenvalue weighted by Crippen LogP contribution is -2.40. The predicted molar refractivity (Wildman–Crippen MR) is 85.2 cm³/mol. The third-order valence-electron chi connectivity index (χ3n) is 5.00. The lowest BCUT2D eigenvalue weighted by atomic mass is 9.72. The molecule has 0 saturated carbocycles. The summed E-state index contributed by atoms with van der Waals surface area (Å²) in [7, 11) is 3.81. The predicted octanol–water partition coefficient (Wildman–Crippen LogP) is 0.856. The van der Waals surface area contributed by atoms with Gasteiger partial charge in [-0.1, -0.05) is 0 Å². The third-order valence-corrected chi connectivity index (χ3v) is 5.00. The Bertz CT molecular complexity index is 555. The Morgan fingerprint density at radius 1 is 1.39 bits per heavy atom. The van der Waals surface area contributed by atoms with Crippen molar-refractivity contribution in [3.05, 3.63) is 18.0 Å². The van der Waals surface area contributed by atoms with Gasteiger partial charge in [0.05, 0.1) is 5.92 Å². The van der Waals surface area contributed by atoms with Gasteiger partial charge in [-0.25, -0.2) is 9.97 Å². The first-order chi connectivity index (χ1) is 11.0. The molecule has 1 spiro atoms. The van der Waals surface area contributed by atoms with E-state index < -0.39 is 5.97 Å². The number of likely N-dealkylation sites (tertiary alicyclic amines) is 1. The zero-order valence-electron chi connectivity index (χ0n) is 13.7. The second kappa shape index (κ2) is 6.41. The van der Waals surface area contributed by atoms with Crippen LogP contribution in [0.25, 0.3) is 0 Å². The molecule has 2 aliphatic rings. The van der Waals surface area contributed by atoms with Gasteiger partial charge in [0, 0.05) is 70.3 Å². The van der Waals surface area contributed by atoms with Gasteiger partial charge >= 0.3 is 5.97 Å². The standard InChI is InChI=1S/C16H24N4O3/c1-19(2)15-17-7-12(8-18-15)9-20-10-13(14(21)22)16(11-20)3-5-23-6-4-16/h7-8,13H,3-6,9-11H2,1-2H3,(H,21,22). The molecule has 23 heavy (non-hydrogen) atoms. The van der Waals surface area contributed by atoms with Crippen molar-refractivity contribution in [1.82, 2.24) is 14.9 Å². The highest BCUT2D eigenvalue weighted by atomic mass is 16.5. The maximum absolute atomic E-state index is 11.7. The minimum atomic E-state index is -0.686. The lowest BCUT2D eigenvalue weighted by molar-refractivity contribution is -0.146. The van der Waals surface area contributed by atoms with Crippen molar-refractivity contribution in [3.63, 3.8) is 0 Å². The molecule has 0 aromatic carbocycles. The topological polar surface area (TPSA) is 78.8 Å². The maximum atomic E-state index is 11.7. The summed E-state index contributed by atoms with van der Waals surface area (Å²) in [6.45, 7) is 3.42. The van der Waals surface area contributed by atoms with E-state index in [1.54, 1.807) is 0 Å². The van der Waals surface area contributed by atoms with Crippen molar-refractivity contribution in [2.45, 2.75) is 19.4 Å². The van der Waals surface area contributed by atoms with E-state index in [9.17, 15) is 9.90 Å². The van der Waals surface area contributed by atoms with Crippen molar-refractivity contribution >= 4 is 11.9 Å². The Kier molecular flexibility index (Phi) is 4.50. The summed E-state index contributed by atoms with van der Waals surface area (Å²) in [5.74, 6) is -0.318. The smallest absolute Gasteiger partial charge is 0.308 e. The largest absolute Gasteiger partial charge is 0.481 e. The van der Waals surface area contributed by atoms with E-state index in [4.69, 9.17) is 4.74 Å². The number of rotatable bonds is 4. The van der Waals surface area contributed by atoms with Crippen molar-refractivity contribution in [3.8, 4) is 0 Å². The molecule has 1 atom stereocenters. The van der Waals surface area contributed by atoms with E-state index in [1.807, 2.05) is 31.4 Å². The van der Waals surface area contributed by atoms with Crippen LogP contribution in [0, 0.1) is 11.3 Å². The fraction of sp³-hybridized carbons (Fsp3) is 0.688. The van der Waals surface area contributed by atoms with Gasteiger partial charge in [-0.15, -0.1) is 0 Å². The highest BCUT2D eigenvalue weighted by Gasteiger charge is 2.50. The number of nitrogens with zero attached hydrogens (tertiary/aromatic N) is 4. The van der Waals surface area contributed by atoms with Gasteiger partial charge in [0.2, 0.25) is 5.95 Å². The molecular weight excluding hydrogens is 296 g/mol. The maximum Gasteiger partial charge on any atom is 0.308 e.